The van der Waals surface area contributed by atoms with Crippen molar-refractivity contribution in [1.82, 2.24) is 19.8 Å². The first-order valence-corrected chi connectivity index (χ1v) is 8.81. The number of amides is 1. The SMILES string of the molecule is Cc1ccc(-n2ccnc2)c(C(=O)NC[C@H](C)CN2CCOCC2)c1. The molecule has 1 aliphatic rings. The summed E-state index contributed by atoms with van der Waals surface area (Å²) < 4.78 is 7.24. The number of aromatic nitrogens is 2. The van der Waals surface area contributed by atoms with Crippen LogP contribution < -0.4 is 5.32 Å². The third-order valence-corrected chi connectivity index (χ3v) is 4.46. The number of carbonyl (C=O) groups excluding carboxylic acids is 1. The molecule has 1 aromatic carbocycles. The molecule has 1 fully saturated rings. The Hall–Kier alpha value is -2.18. The van der Waals surface area contributed by atoms with E-state index < -0.39 is 0 Å². The first-order chi connectivity index (χ1) is 12.1. The molecule has 0 aliphatic carbocycles. The number of morpholine rings is 1. The van der Waals surface area contributed by atoms with Gasteiger partial charge in [-0.15, -0.1) is 0 Å². The van der Waals surface area contributed by atoms with Crippen LogP contribution >= 0.6 is 0 Å². The van der Waals surface area contributed by atoms with Gasteiger partial charge in [0.1, 0.15) is 0 Å². The molecule has 0 saturated carbocycles. The number of benzene rings is 1. The largest absolute Gasteiger partial charge is 0.379 e. The van der Waals surface area contributed by atoms with Crippen LogP contribution in [0.25, 0.3) is 5.69 Å². The van der Waals surface area contributed by atoms with Gasteiger partial charge in [-0.2, -0.15) is 0 Å². The zero-order valence-corrected chi connectivity index (χ0v) is 14.9. The zero-order chi connectivity index (χ0) is 17.6. The minimum Gasteiger partial charge on any atom is -0.379 e. The van der Waals surface area contributed by atoms with E-state index in [0.717, 1.165) is 44.1 Å². The van der Waals surface area contributed by atoms with Crippen LogP contribution in [0.3, 0.4) is 0 Å². The fraction of sp³-hybridized carbons (Fsp3) is 0.474. The van der Waals surface area contributed by atoms with Gasteiger partial charge in [-0.1, -0.05) is 18.6 Å². The average Bonchev–Trinajstić information content (AvgIpc) is 3.15. The first-order valence-electron chi connectivity index (χ1n) is 8.81. The summed E-state index contributed by atoms with van der Waals surface area (Å²) >= 11 is 0. The van der Waals surface area contributed by atoms with Gasteiger partial charge in [-0.05, 0) is 25.0 Å². The van der Waals surface area contributed by atoms with E-state index in [9.17, 15) is 4.79 Å². The van der Waals surface area contributed by atoms with Gasteiger partial charge >= 0.3 is 0 Å². The Morgan fingerprint density at radius 1 is 1.36 bits per heavy atom. The predicted molar refractivity (Wildman–Crippen MR) is 97.1 cm³/mol. The monoisotopic (exact) mass is 342 g/mol. The molecule has 134 valence electrons. The van der Waals surface area contributed by atoms with Gasteiger partial charge in [0.25, 0.3) is 5.91 Å². The third-order valence-electron chi connectivity index (χ3n) is 4.46. The van der Waals surface area contributed by atoms with Crippen molar-refractivity contribution in [3.05, 3.63) is 48.0 Å². The Labute approximate surface area is 148 Å². The number of nitrogens with zero attached hydrogens (tertiary/aromatic N) is 3. The van der Waals surface area contributed by atoms with Crippen LogP contribution in [0.4, 0.5) is 0 Å². The lowest BCUT2D eigenvalue weighted by Gasteiger charge is -2.29. The molecule has 6 heteroatoms. The molecule has 1 amide bonds. The third kappa shape index (κ3) is 4.67. The Bertz CT molecular complexity index is 693. The number of imidazole rings is 1. The van der Waals surface area contributed by atoms with E-state index in [1.54, 1.807) is 12.5 Å². The summed E-state index contributed by atoms with van der Waals surface area (Å²) in [6, 6.07) is 5.90. The Morgan fingerprint density at radius 2 is 2.16 bits per heavy atom. The van der Waals surface area contributed by atoms with Gasteiger partial charge in [-0.3, -0.25) is 9.69 Å². The molecule has 1 N–H and O–H groups in total. The van der Waals surface area contributed by atoms with Crippen molar-refractivity contribution >= 4 is 5.91 Å². The molecule has 6 nitrogen and oxygen atoms in total. The van der Waals surface area contributed by atoms with Crippen LogP contribution in [-0.2, 0) is 4.74 Å². The molecule has 25 heavy (non-hydrogen) atoms. The number of aryl methyl sites for hydroxylation is 1. The van der Waals surface area contributed by atoms with E-state index in [1.807, 2.05) is 35.9 Å². The van der Waals surface area contributed by atoms with Crippen molar-refractivity contribution in [3.8, 4) is 5.69 Å². The highest BCUT2D eigenvalue weighted by atomic mass is 16.5. The molecular weight excluding hydrogens is 316 g/mol. The highest BCUT2D eigenvalue weighted by molar-refractivity contribution is 5.98. The number of hydrogen-bond acceptors (Lipinski definition) is 4. The van der Waals surface area contributed by atoms with E-state index >= 15 is 0 Å². The van der Waals surface area contributed by atoms with Crippen molar-refractivity contribution in [1.29, 1.82) is 0 Å². The number of rotatable bonds is 6. The fourth-order valence-corrected chi connectivity index (χ4v) is 3.11. The number of nitrogens with one attached hydrogen (secondary N) is 1. The highest BCUT2D eigenvalue weighted by Crippen LogP contribution is 2.16. The molecule has 1 saturated heterocycles. The van der Waals surface area contributed by atoms with E-state index in [2.05, 4.69) is 22.1 Å². The number of carbonyl (C=O) groups is 1. The van der Waals surface area contributed by atoms with E-state index in [1.165, 1.54) is 0 Å². The van der Waals surface area contributed by atoms with Crippen molar-refractivity contribution in [2.45, 2.75) is 13.8 Å². The van der Waals surface area contributed by atoms with Gasteiger partial charge in [-0.25, -0.2) is 4.98 Å². The van der Waals surface area contributed by atoms with Crippen LogP contribution in [0.2, 0.25) is 0 Å². The Kier molecular flexibility index (Phi) is 5.83. The maximum Gasteiger partial charge on any atom is 0.253 e. The van der Waals surface area contributed by atoms with Crippen LogP contribution in [-0.4, -0.2) is 59.8 Å². The van der Waals surface area contributed by atoms with Gasteiger partial charge < -0.3 is 14.6 Å². The first kappa shape index (κ1) is 17.6. The maximum absolute atomic E-state index is 12.7. The standard InChI is InChI=1S/C19H26N4O2/c1-15-3-4-18(23-6-5-20-14-23)17(11-15)19(24)21-12-16(2)13-22-7-9-25-10-8-22/h3-6,11,14,16H,7-10,12-13H2,1-2H3,(H,21,24)/t16-/m0/s1. The Balaban J connectivity index is 1.62. The molecule has 1 aromatic heterocycles. The van der Waals surface area contributed by atoms with Crippen molar-refractivity contribution < 1.29 is 9.53 Å². The quantitative estimate of drug-likeness (QED) is 0.871. The molecule has 3 rings (SSSR count). The maximum atomic E-state index is 12.7. The van der Waals surface area contributed by atoms with Gasteiger partial charge in [0.15, 0.2) is 0 Å². The zero-order valence-electron chi connectivity index (χ0n) is 14.9. The van der Waals surface area contributed by atoms with Gasteiger partial charge in [0.2, 0.25) is 0 Å². The van der Waals surface area contributed by atoms with Crippen LogP contribution in [0, 0.1) is 12.8 Å². The second kappa shape index (κ2) is 8.27. The van der Waals surface area contributed by atoms with Gasteiger partial charge in [0.05, 0.1) is 30.8 Å². The van der Waals surface area contributed by atoms with Crippen LogP contribution in [0.15, 0.2) is 36.9 Å². The summed E-state index contributed by atoms with van der Waals surface area (Å²) in [5, 5.41) is 3.09. The molecule has 0 radical (unpaired) electrons. The van der Waals surface area contributed by atoms with Crippen molar-refractivity contribution in [2.24, 2.45) is 5.92 Å². The molecule has 2 aromatic rings. The smallest absolute Gasteiger partial charge is 0.253 e. The lowest BCUT2D eigenvalue weighted by Crippen LogP contribution is -2.41. The summed E-state index contributed by atoms with van der Waals surface area (Å²) in [5.74, 6) is 0.352. The highest BCUT2D eigenvalue weighted by Gasteiger charge is 2.16. The summed E-state index contributed by atoms with van der Waals surface area (Å²) in [4.78, 5) is 19.2. The van der Waals surface area contributed by atoms with E-state index in [4.69, 9.17) is 4.74 Å². The molecular formula is C19H26N4O2. The molecule has 0 unspecified atom stereocenters. The molecule has 0 bridgehead atoms. The number of ether oxygens (including phenoxy) is 1. The normalized spacial score (nSPS) is 16.6. The van der Waals surface area contributed by atoms with Gasteiger partial charge in [0, 0.05) is 38.6 Å². The summed E-state index contributed by atoms with van der Waals surface area (Å²) in [6.45, 7) is 9.35. The minimum absolute atomic E-state index is 0.0405. The molecule has 1 aliphatic heterocycles. The molecule has 2 heterocycles. The summed E-state index contributed by atoms with van der Waals surface area (Å²) in [5.41, 5.74) is 2.59. The van der Waals surface area contributed by atoms with Crippen molar-refractivity contribution in [2.75, 3.05) is 39.4 Å². The predicted octanol–water partition coefficient (Wildman–Crippen LogP) is 1.88. The second-order valence-corrected chi connectivity index (χ2v) is 6.72. The fourth-order valence-electron chi connectivity index (χ4n) is 3.11. The minimum atomic E-state index is -0.0405. The summed E-state index contributed by atoms with van der Waals surface area (Å²) in [6.07, 6.45) is 5.27. The second-order valence-electron chi connectivity index (χ2n) is 6.72. The van der Waals surface area contributed by atoms with E-state index in [0.29, 0.717) is 18.0 Å². The average molecular weight is 342 g/mol. The Morgan fingerprint density at radius 3 is 2.88 bits per heavy atom. The topological polar surface area (TPSA) is 59.4 Å². The lowest BCUT2D eigenvalue weighted by molar-refractivity contribution is 0.0317. The van der Waals surface area contributed by atoms with E-state index in [-0.39, 0.29) is 5.91 Å². The molecule has 0 spiro atoms. The molecule has 1 atom stereocenters. The number of hydrogen-bond donors (Lipinski definition) is 1. The van der Waals surface area contributed by atoms with Crippen molar-refractivity contribution in [3.63, 3.8) is 0 Å². The summed E-state index contributed by atoms with van der Waals surface area (Å²) in [7, 11) is 0. The van der Waals surface area contributed by atoms with Crippen LogP contribution in [0.1, 0.15) is 22.8 Å². The van der Waals surface area contributed by atoms with Crippen LogP contribution in [0.5, 0.6) is 0 Å². The lowest BCUT2D eigenvalue weighted by atomic mass is 10.1.